The summed E-state index contributed by atoms with van der Waals surface area (Å²) in [7, 11) is 6.87. The van der Waals surface area contributed by atoms with E-state index in [9.17, 15) is 0 Å². The van der Waals surface area contributed by atoms with Gasteiger partial charge in [0.1, 0.15) is 0 Å². The van der Waals surface area contributed by atoms with E-state index in [4.69, 9.17) is 0 Å². The first kappa shape index (κ1) is 15.3. The van der Waals surface area contributed by atoms with Crippen molar-refractivity contribution in [3.05, 3.63) is 0 Å². The molecule has 2 fully saturated rings. The Morgan fingerprint density at radius 1 is 1.11 bits per heavy atom. The molecule has 3 heteroatoms. The molecule has 3 nitrogen and oxygen atoms in total. The van der Waals surface area contributed by atoms with Crippen LogP contribution in [0, 0.1) is 0 Å². The van der Waals surface area contributed by atoms with Gasteiger partial charge in [-0.1, -0.05) is 13.3 Å². The van der Waals surface area contributed by atoms with Crippen LogP contribution in [0.1, 0.15) is 51.9 Å². The molecule has 2 unspecified atom stereocenters. The largest absolute Gasteiger partial charge is 0.314 e. The van der Waals surface area contributed by atoms with E-state index in [1.54, 1.807) is 0 Å². The second kappa shape index (κ2) is 6.55. The Labute approximate surface area is 119 Å². The van der Waals surface area contributed by atoms with Crippen molar-refractivity contribution in [2.75, 3.05) is 34.2 Å². The number of nitrogens with zero attached hydrogens (tertiary/aromatic N) is 2. The van der Waals surface area contributed by atoms with Gasteiger partial charge in [0, 0.05) is 24.2 Å². The first-order valence-corrected chi connectivity index (χ1v) is 8.18. The average Bonchev–Trinajstić information content (AvgIpc) is 2.34. The highest BCUT2D eigenvalue weighted by Gasteiger charge is 2.41. The molecule has 19 heavy (non-hydrogen) atoms. The van der Waals surface area contributed by atoms with Crippen LogP contribution in [0.5, 0.6) is 0 Å². The summed E-state index contributed by atoms with van der Waals surface area (Å²) in [5, 5.41) is 3.65. The topological polar surface area (TPSA) is 18.5 Å². The normalized spacial score (nSPS) is 30.6. The van der Waals surface area contributed by atoms with Crippen LogP contribution in [0.2, 0.25) is 0 Å². The molecular weight excluding hydrogens is 234 g/mol. The van der Waals surface area contributed by atoms with Gasteiger partial charge >= 0.3 is 0 Å². The summed E-state index contributed by atoms with van der Waals surface area (Å²) in [4.78, 5) is 5.13. The van der Waals surface area contributed by atoms with Crippen molar-refractivity contribution >= 4 is 0 Å². The fraction of sp³-hybridized carbons (Fsp3) is 1.00. The lowest BCUT2D eigenvalue weighted by atomic mass is 9.75. The number of rotatable bonds is 6. The van der Waals surface area contributed by atoms with Gasteiger partial charge in [-0.3, -0.25) is 0 Å². The van der Waals surface area contributed by atoms with Crippen molar-refractivity contribution in [2.24, 2.45) is 0 Å². The van der Waals surface area contributed by atoms with E-state index in [-0.39, 0.29) is 0 Å². The molecule has 0 aromatic rings. The Kier molecular flexibility index (Phi) is 5.27. The summed E-state index contributed by atoms with van der Waals surface area (Å²) in [6, 6.07) is 1.54. The fourth-order valence-electron chi connectivity index (χ4n) is 3.96. The number of nitrogens with one attached hydrogen (secondary N) is 1. The van der Waals surface area contributed by atoms with Crippen LogP contribution in [0.25, 0.3) is 0 Å². The Morgan fingerprint density at radius 2 is 1.84 bits per heavy atom. The zero-order valence-corrected chi connectivity index (χ0v) is 13.4. The van der Waals surface area contributed by atoms with E-state index in [0.717, 1.165) is 18.6 Å². The Hall–Kier alpha value is -0.120. The highest BCUT2D eigenvalue weighted by atomic mass is 15.2. The SMILES string of the molecule is CCNC1CCCC(N(C)CC2(N(C)C)CCC2)C1. The van der Waals surface area contributed by atoms with Gasteiger partial charge in [0.25, 0.3) is 0 Å². The minimum absolute atomic E-state index is 0.472. The Bertz CT molecular complexity index is 271. The predicted octanol–water partition coefficient (Wildman–Crippen LogP) is 2.32. The second-order valence-corrected chi connectivity index (χ2v) is 6.96. The second-order valence-electron chi connectivity index (χ2n) is 6.96. The van der Waals surface area contributed by atoms with Gasteiger partial charge in [-0.05, 0) is 66.2 Å². The third-order valence-corrected chi connectivity index (χ3v) is 5.54. The van der Waals surface area contributed by atoms with Gasteiger partial charge in [-0.15, -0.1) is 0 Å². The molecule has 0 aliphatic heterocycles. The molecular formula is C16H33N3. The number of hydrogen-bond acceptors (Lipinski definition) is 3. The van der Waals surface area contributed by atoms with Crippen LogP contribution >= 0.6 is 0 Å². The maximum atomic E-state index is 3.65. The average molecular weight is 267 g/mol. The van der Waals surface area contributed by atoms with Gasteiger partial charge in [-0.2, -0.15) is 0 Å². The molecule has 112 valence electrons. The molecule has 1 N–H and O–H groups in total. The minimum atomic E-state index is 0.472. The van der Waals surface area contributed by atoms with Crippen LogP contribution in [-0.2, 0) is 0 Å². The van der Waals surface area contributed by atoms with Crippen molar-refractivity contribution in [2.45, 2.75) is 69.5 Å². The van der Waals surface area contributed by atoms with Gasteiger partial charge in [0.05, 0.1) is 0 Å². The minimum Gasteiger partial charge on any atom is -0.314 e. The van der Waals surface area contributed by atoms with Crippen LogP contribution in [-0.4, -0.2) is 61.7 Å². The van der Waals surface area contributed by atoms with Crippen molar-refractivity contribution in [1.82, 2.24) is 15.1 Å². The molecule has 2 aliphatic rings. The standard InChI is InChI=1S/C16H33N3/c1-5-17-14-8-6-9-15(12-14)19(4)13-16(18(2)3)10-7-11-16/h14-15,17H,5-13H2,1-4H3. The monoisotopic (exact) mass is 267 g/mol. The van der Waals surface area contributed by atoms with E-state index in [1.165, 1.54) is 51.5 Å². The molecule has 2 rings (SSSR count). The zero-order chi connectivity index (χ0) is 13.9. The summed E-state index contributed by atoms with van der Waals surface area (Å²) in [5.74, 6) is 0. The van der Waals surface area contributed by atoms with E-state index in [0.29, 0.717) is 5.54 Å². The Balaban J connectivity index is 1.86. The van der Waals surface area contributed by atoms with Gasteiger partial charge in [0.2, 0.25) is 0 Å². The van der Waals surface area contributed by atoms with Crippen LogP contribution in [0.15, 0.2) is 0 Å². The summed E-state index contributed by atoms with van der Waals surface area (Å²) < 4.78 is 0. The maximum absolute atomic E-state index is 3.65. The van der Waals surface area contributed by atoms with Crippen LogP contribution < -0.4 is 5.32 Å². The lowest BCUT2D eigenvalue weighted by molar-refractivity contribution is 0.00920. The van der Waals surface area contributed by atoms with Gasteiger partial charge < -0.3 is 15.1 Å². The third-order valence-electron chi connectivity index (χ3n) is 5.54. The summed E-state index contributed by atoms with van der Waals surface area (Å²) >= 11 is 0. The summed E-state index contributed by atoms with van der Waals surface area (Å²) in [6.45, 7) is 4.59. The van der Waals surface area contributed by atoms with E-state index >= 15 is 0 Å². The fourth-order valence-corrected chi connectivity index (χ4v) is 3.96. The van der Waals surface area contributed by atoms with Crippen LogP contribution in [0.4, 0.5) is 0 Å². The van der Waals surface area contributed by atoms with Crippen molar-refractivity contribution in [1.29, 1.82) is 0 Å². The molecule has 2 atom stereocenters. The first-order chi connectivity index (χ1) is 9.07. The summed E-state index contributed by atoms with van der Waals surface area (Å²) in [5.41, 5.74) is 0.472. The highest BCUT2D eigenvalue weighted by Crippen LogP contribution is 2.37. The molecule has 0 saturated heterocycles. The van der Waals surface area contributed by atoms with Crippen molar-refractivity contribution in [3.63, 3.8) is 0 Å². The third kappa shape index (κ3) is 3.50. The predicted molar refractivity (Wildman–Crippen MR) is 82.6 cm³/mol. The molecule has 0 bridgehead atoms. The van der Waals surface area contributed by atoms with Crippen molar-refractivity contribution in [3.8, 4) is 0 Å². The van der Waals surface area contributed by atoms with E-state index in [1.807, 2.05) is 0 Å². The molecule has 2 aliphatic carbocycles. The highest BCUT2D eigenvalue weighted by molar-refractivity contribution is 4.99. The van der Waals surface area contributed by atoms with Gasteiger partial charge in [-0.25, -0.2) is 0 Å². The molecule has 0 aromatic heterocycles. The lowest BCUT2D eigenvalue weighted by Crippen LogP contribution is -2.58. The van der Waals surface area contributed by atoms with Crippen LogP contribution in [0.3, 0.4) is 0 Å². The molecule has 2 saturated carbocycles. The quantitative estimate of drug-likeness (QED) is 0.797. The number of likely N-dealkylation sites (N-methyl/N-ethyl adjacent to an activating group) is 2. The Morgan fingerprint density at radius 3 is 2.37 bits per heavy atom. The smallest absolute Gasteiger partial charge is 0.0330 e. The molecule has 0 aromatic carbocycles. The van der Waals surface area contributed by atoms with E-state index in [2.05, 4.69) is 43.2 Å². The molecule has 0 radical (unpaired) electrons. The first-order valence-electron chi connectivity index (χ1n) is 8.18. The van der Waals surface area contributed by atoms with Gasteiger partial charge in [0.15, 0.2) is 0 Å². The maximum Gasteiger partial charge on any atom is 0.0330 e. The summed E-state index contributed by atoms with van der Waals surface area (Å²) in [6.07, 6.45) is 9.67. The molecule has 0 amide bonds. The molecule has 0 heterocycles. The van der Waals surface area contributed by atoms with E-state index < -0.39 is 0 Å². The zero-order valence-electron chi connectivity index (χ0n) is 13.4. The number of hydrogen-bond donors (Lipinski definition) is 1. The molecule has 0 spiro atoms. The van der Waals surface area contributed by atoms with Crippen molar-refractivity contribution < 1.29 is 0 Å². The lowest BCUT2D eigenvalue weighted by Gasteiger charge is -2.51.